The van der Waals surface area contributed by atoms with Gasteiger partial charge in [0.05, 0.1) is 13.1 Å². The van der Waals surface area contributed by atoms with E-state index in [1.54, 1.807) is 11.3 Å². The van der Waals surface area contributed by atoms with Crippen molar-refractivity contribution in [1.82, 2.24) is 10.2 Å². The zero-order chi connectivity index (χ0) is 13.7. The number of nitrogens with zero attached hydrogens (tertiary/aromatic N) is 1. The lowest BCUT2D eigenvalue weighted by Crippen LogP contribution is -2.43. The second kappa shape index (κ2) is 7.03. The van der Waals surface area contributed by atoms with Crippen molar-refractivity contribution in [2.24, 2.45) is 11.7 Å². The number of amides is 1. The molecular weight excluding hydrogens is 258 g/mol. The summed E-state index contributed by atoms with van der Waals surface area (Å²) in [6.07, 6.45) is 3.59. The monoisotopic (exact) mass is 281 g/mol. The molecule has 106 valence electrons. The van der Waals surface area contributed by atoms with E-state index in [1.807, 2.05) is 24.6 Å². The van der Waals surface area contributed by atoms with Crippen molar-refractivity contribution in [2.75, 3.05) is 20.1 Å². The van der Waals surface area contributed by atoms with Crippen molar-refractivity contribution < 1.29 is 4.79 Å². The van der Waals surface area contributed by atoms with E-state index in [9.17, 15) is 4.79 Å². The highest BCUT2D eigenvalue weighted by molar-refractivity contribution is 7.09. The van der Waals surface area contributed by atoms with E-state index >= 15 is 0 Å². The summed E-state index contributed by atoms with van der Waals surface area (Å²) in [7, 11) is 2.03. The fraction of sp³-hybridized carbons (Fsp3) is 0.643. The van der Waals surface area contributed by atoms with Gasteiger partial charge in [0.1, 0.15) is 0 Å². The van der Waals surface area contributed by atoms with E-state index in [1.165, 1.54) is 17.7 Å². The highest BCUT2D eigenvalue weighted by Gasteiger charge is 2.29. The molecule has 1 saturated carbocycles. The summed E-state index contributed by atoms with van der Waals surface area (Å²) >= 11 is 1.67. The number of carbonyl (C=O) groups excluding carboxylic acids is 1. The Kier molecular flexibility index (Phi) is 5.36. The van der Waals surface area contributed by atoms with Gasteiger partial charge >= 0.3 is 0 Å². The van der Waals surface area contributed by atoms with Crippen molar-refractivity contribution in [3.63, 3.8) is 0 Å². The van der Waals surface area contributed by atoms with E-state index in [-0.39, 0.29) is 5.91 Å². The molecule has 0 aromatic carbocycles. The van der Waals surface area contributed by atoms with Gasteiger partial charge in [-0.1, -0.05) is 12.5 Å². The third kappa shape index (κ3) is 4.03. The zero-order valence-corrected chi connectivity index (χ0v) is 12.3. The van der Waals surface area contributed by atoms with Crippen LogP contribution in [0.15, 0.2) is 17.5 Å². The molecule has 2 unspecified atom stereocenters. The average Bonchev–Trinajstić information content (AvgIpc) is 3.07. The van der Waals surface area contributed by atoms with Crippen LogP contribution in [0.2, 0.25) is 0 Å². The predicted octanol–water partition coefficient (Wildman–Crippen LogP) is 1.42. The number of thiophene rings is 1. The van der Waals surface area contributed by atoms with Gasteiger partial charge in [-0.2, -0.15) is 0 Å². The molecule has 2 rings (SSSR count). The molecule has 1 aliphatic carbocycles. The summed E-state index contributed by atoms with van der Waals surface area (Å²) in [5, 5.41) is 5.00. The summed E-state index contributed by atoms with van der Waals surface area (Å²) in [5.74, 6) is 0.647. The van der Waals surface area contributed by atoms with Crippen LogP contribution in [0, 0.1) is 5.92 Å². The summed E-state index contributed by atoms with van der Waals surface area (Å²) < 4.78 is 0. The molecule has 0 aliphatic heterocycles. The van der Waals surface area contributed by atoms with Gasteiger partial charge in [-0.05, 0) is 43.8 Å². The van der Waals surface area contributed by atoms with Crippen LogP contribution in [0.25, 0.3) is 0 Å². The second-order valence-corrected chi connectivity index (χ2v) is 6.30. The minimum atomic E-state index is 0.0959. The molecule has 0 bridgehead atoms. The molecule has 2 atom stereocenters. The molecule has 0 saturated heterocycles. The topological polar surface area (TPSA) is 58.4 Å². The first-order valence-corrected chi connectivity index (χ1v) is 7.78. The number of rotatable bonds is 6. The first-order chi connectivity index (χ1) is 9.20. The highest BCUT2D eigenvalue weighted by atomic mass is 32.1. The van der Waals surface area contributed by atoms with Crippen LogP contribution in [0.5, 0.6) is 0 Å². The second-order valence-electron chi connectivity index (χ2n) is 5.27. The quantitative estimate of drug-likeness (QED) is 0.829. The van der Waals surface area contributed by atoms with Crippen molar-refractivity contribution in [3.05, 3.63) is 22.4 Å². The fourth-order valence-electron chi connectivity index (χ4n) is 2.87. The molecule has 5 heteroatoms. The smallest absolute Gasteiger partial charge is 0.234 e. The number of likely N-dealkylation sites (N-methyl/N-ethyl adjacent to an activating group) is 1. The molecule has 19 heavy (non-hydrogen) atoms. The van der Waals surface area contributed by atoms with Gasteiger partial charge in [-0.15, -0.1) is 11.3 Å². The van der Waals surface area contributed by atoms with Crippen LogP contribution >= 0.6 is 11.3 Å². The zero-order valence-electron chi connectivity index (χ0n) is 11.5. The van der Waals surface area contributed by atoms with Crippen LogP contribution in [0.3, 0.4) is 0 Å². The Hall–Kier alpha value is -0.910. The van der Waals surface area contributed by atoms with E-state index in [0.29, 0.717) is 25.0 Å². The molecule has 1 fully saturated rings. The molecule has 1 amide bonds. The molecule has 4 nitrogen and oxygen atoms in total. The summed E-state index contributed by atoms with van der Waals surface area (Å²) in [5.41, 5.74) is 5.79. The van der Waals surface area contributed by atoms with Crippen molar-refractivity contribution in [1.29, 1.82) is 0 Å². The average molecular weight is 281 g/mol. The van der Waals surface area contributed by atoms with E-state index in [2.05, 4.69) is 10.2 Å². The Morgan fingerprint density at radius 2 is 2.42 bits per heavy atom. The van der Waals surface area contributed by atoms with Crippen LogP contribution in [-0.2, 0) is 11.3 Å². The maximum Gasteiger partial charge on any atom is 0.234 e. The van der Waals surface area contributed by atoms with Crippen molar-refractivity contribution in [3.8, 4) is 0 Å². The molecule has 1 heterocycles. The molecule has 1 aromatic heterocycles. The van der Waals surface area contributed by atoms with E-state index < -0.39 is 0 Å². The standard InChI is InChI=1S/C14H23N3OS/c1-17(13-6-2-4-11(13)8-15)10-14(18)16-9-12-5-3-7-19-12/h3,5,7,11,13H,2,4,6,8-10,15H2,1H3,(H,16,18). The van der Waals surface area contributed by atoms with Crippen LogP contribution in [0.1, 0.15) is 24.1 Å². The van der Waals surface area contributed by atoms with Crippen LogP contribution < -0.4 is 11.1 Å². The first-order valence-electron chi connectivity index (χ1n) is 6.90. The minimum absolute atomic E-state index is 0.0959. The summed E-state index contributed by atoms with van der Waals surface area (Å²) in [6.45, 7) is 1.83. The van der Waals surface area contributed by atoms with Gasteiger partial charge in [-0.25, -0.2) is 0 Å². The Balaban J connectivity index is 1.75. The van der Waals surface area contributed by atoms with Gasteiger partial charge in [0, 0.05) is 10.9 Å². The van der Waals surface area contributed by atoms with E-state index in [0.717, 1.165) is 13.0 Å². The fourth-order valence-corrected chi connectivity index (χ4v) is 3.52. The number of nitrogens with two attached hydrogens (primary N) is 1. The Morgan fingerprint density at radius 3 is 3.11 bits per heavy atom. The molecule has 3 N–H and O–H groups in total. The predicted molar refractivity (Wildman–Crippen MR) is 79.0 cm³/mol. The molecular formula is C14H23N3OS. The Morgan fingerprint density at radius 1 is 1.58 bits per heavy atom. The Bertz CT molecular complexity index is 393. The molecule has 1 aromatic rings. The first kappa shape index (κ1) is 14.5. The van der Waals surface area contributed by atoms with Gasteiger partial charge in [0.2, 0.25) is 5.91 Å². The highest BCUT2D eigenvalue weighted by Crippen LogP contribution is 2.28. The van der Waals surface area contributed by atoms with Gasteiger partial charge in [-0.3, -0.25) is 9.69 Å². The summed E-state index contributed by atoms with van der Waals surface area (Å²) in [4.78, 5) is 15.3. The third-order valence-corrected chi connectivity index (χ3v) is 4.80. The summed E-state index contributed by atoms with van der Waals surface area (Å²) in [6, 6.07) is 4.51. The van der Waals surface area contributed by atoms with Crippen molar-refractivity contribution >= 4 is 17.2 Å². The van der Waals surface area contributed by atoms with Crippen LogP contribution in [0.4, 0.5) is 0 Å². The minimum Gasteiger partial charge on any atom is -0.350 e. The maximum absolute atomic E-state index is 11.9. The van der Waals surface area contributed by atoms with Gasteiger partial charge in [0.25, 0.3) is 0 Å². The number of carbonyl (C=O) groups is 1. The van der Waals surface area contributed by atoms with Gasteiger partial charge in [0.15, 0.2) is 0 Å². The third-order valence-electron chi connectivity index (χ3n) is 3.92. The lowest BCUT2D eigenvalue weighted by molar-refractivity contribution is -0.122. The SMILES string of the molecule is CN(CC(=O)NCc1cccs1)C1CCCC1CN. The van der Waals surface area contributed by atoms with E-state index in [4.69, 9.17) is 5.73 Å². The lowest BCUT2D eigenvalue weighted by Gasteiger charge is -2.28. The maximum atomic E-state index is 11.9. The normalized spacial score (nSPS) is 22.9. The Labute approximate surface area is 119 Å². The molecule has 1 aliphatic rings. The van der Waals surface area contributed by atoms with Crippen LogP contribution in [-0.4, -0.2) is 37.0 Å². The number of hydrogen-bond acceptors (Lipinski definition) is 4. The largest absolute Gasteiger partial charge is 0.350 e. The van der Waals surface area contributed by atoms with Crippen molar-refractivity contribution in [2.45, 2.75) is 31.8 Å². The number of nitrogens with one attached hydrogen (secondary N) is 1. The lowest BCUT2D eigenvalue weighted by atomic mass is 10.0. The molecule has 0 spiro atoms. The van der Waals surface area contributed by atoms with Gasteiger partial charge < -0.3 is 11.1 Å². The molecule has 0 radical (unpaired) electrons. The number of hydrogen-bond donors (Lipinski definition) is 2.